The van der Waals surface area contributed by atoms with Crippen LogP contribution in [-0.4, -0.2) is 0 Å². The van der Waals surface area contributed by atoms with Crippen LogP contribution in [0.25, 0.3) is 5.08 Å². The molecule has 56 valence electrons. The van der Waals surface area contributed by atoms with Crippen LogP contribution in [0.4, 0.5) is 5.69 Å². The van der Waals surface area contributed by atoms with Crippen molar-refractivity contribution in [2.24, 2.45) is 0 Å². The Bertz CT molecular complexity index is 303. The van der Waals surface area contributed by atoms with Gasteiger partial charge < -0.3 is 0 Å². The molecule has 1 aromatic rings. The molecule has 3 nitrogen and oxygen atoms in total. The largest absolute Gasteiger partial charge is 0.308 e. The Hall–Kier alpha value is -1.27. The molecule has 0 radical (unpaired) electrons. The summed E-state index contributed by atoms with van der Waals surface area (Å²) in [6.45, 7) is 1.89. The molecule has 0 amide bonds. The number of hydrogen-bond donors (Lipinski definition) is 1. The molecule has 1 N–H and O–H groups in total. The fraction of sp³-hybridized carbons (Fsp3) is 0.143. The monoisotopic (exact) mass is 168 g/mol. The molecule has 0 bridgehead atoms. The van der Waals surface area contributed by atoms with Gasteiger partial charge in [-0.2, -0.15) is 0 Å². The predicted molar refractivity (Wildman–Crippen MR) is 44.9 cm³/mol. The molecular weight excluding hydrogens is 162 g/mol. The summed E-state index contributed by atoms with van der Waals surface area (Å²) in [4.78, 5) is 0. The average molecular weight is 169 g/mol. The van der Waals surface area contributed by atoms with E-state index in [1.165, 1.54) is 0 Å². The number of benzene rings is 1. The zero-order chi connectivity index (χ0) is 8.27. The summed E-state index contributed by atoms with van der Waals surface area (Å²) in [6, 6.07) is 5.31. The van der Waals surface area contributed by atoms with Crippen molar-refractivity contribution >= 4 is 17.3 Å². The third kappa shape index (κ3) is 1.82. The molecule has 11 heavy (non-hydrogen) atoms. The summed E-state index contributed by atoms with van der Waals surface area (Å²) in [5.74, 6) is 0. The number of anilines is 1. The average Bonchev–Trinajstić information content (AvgIpc) is 1.98. The van der Waals surface area contributed by atoms with Gasteiger partial charge in [0, 0.05) is 5.02 Å². The number of rotatable bonds is 1. The van der Waals surface area contributed by atoms with Crippen LogP contribution in [-0.2, 0) is 0 Å². The maximum atomic E-state index is 8.21. The number of nitrogens with zero attached hydrogens (tertiary/aromatic N) is 2. The Morgan fingerprint density at radius 3 is 2.91 bits per heavy atom. The summed E-state index contributed by atoms with van der Waals surface area (Å²) in [6.07, 6.45) is 0. The lowest BCUT2D eigenvalue weighted by atomic mass is 10.2. The number of aryl methyl sites for hydroxylation is 1. The Balaban J connectivity index is 3.05. The van der Waals surface area contributed by atoms with Crippen LogP contribution in [0.3, 0.4) is 0 Å². The summed E-state index contributed by atoms with van der Waals surface area (Å²) >= 11 is 5.69. The highest BCUT2D eigenvalue weighted by atomic mass is 35.5. The van der Waals surface area contributed by atoms with Crippen molar-refractivity contribution < 1.29 is 0 Å². The smallest absolute Gasteiger partial charge is 0.0843 e. The first-order chi connectivity index (χ1) is 5.24. The van der Waals surface area contributed by atoms with Gasteiger partial charge in [-0.3, -0.25) is 0 Å². The predicted octanol–water partition coefficient (Wildman–Crippen LogP) is 2.83. The Kier molecular flexibility index (Phi) is 2.29. The van der Waals surface area contributed by atoms with E-state index < -0.39 is 0 Å². The van der Waals surface area contributed by atoms with E-state index in [2.05, 4.69) is 10.5 Å². The number of hydrogen-bond acceptors (Lipinski definition) is 2. The summed E-state index contributed by atoms with van der Waals surface area (Å²) in [5, 5.41) is 11.6. The van der Waals surface area contributed by atoms with Gasteiger partial charge in [-0.25, -0.2) is 0 Å². The topological polar surface area (TPSA) is 40.2 Å². The van der Waals surface area contributed by atoms with E-state index in [4.69, 9.17) is 17.0 Å². The highest BCUT2D eigenvalue weighted by Gasteiger charge is 2.02. The van der Waals surface area contributed by atoms with E-state index in [1.54, 1.807) is 12.1 Å². The molecule has 0 unspecified atom stereocenters. The number of halogens is 1. The van der Waals surface area contributed by atoms with E-state index in [1.807, 2.05) is 13.0 Å². The Labute approximate surface area is 69.6 Å². The first-order valence-corrected chi connectivity index (χ1v) is 3.48. The molecule has 1 aromatic carbocycles. The first-order valence-electron chi connectivity index (χ1n) is 3.10. The lowest BCUT2D eigenvalue weighted by Gasteiger charge is -1.95. The minimum Gasteiger partial charge on any atom is -0.0843 e. The van der Waals surface area contributed by atoms with Crippen LogP contribution in [0.15, 0.2) is 18.2 Å². The molecule has 0 saturated heterocycles. The minimum absolute atomic E-state index is 0.613. The molecule has 0 aliphatic rings. The van der Waals surface area contributed by atoms with Gasteiger partial charge in [-0.05, 0) is 30.0 Å². The molecule has 1 rings (SSSR count). The second kappa shape index (κ2) is 3.22. The van der Waals surface area contributed by atoms with Crippen LogP contribution in [0, 0.1) is 12.3 Å². The van der Waals surface area contributed by atoms with Gasteiger partial charge in [0.15, 0.2) is 0 Å². The number of diazo groups is 1. The maximum Gasteiger partial charge on any atom is 0.308 e. The molecule has 0 fully saturated rings. The molecule has 4 heteroatoms. The lowest BCUT2D eigenvalue weighted by Crippen LogP contribution is -1.87. The van der Waals surface area contributed by atoms with E-state index in [9.17, 15) is 0 Å². The quantitative estimate of drug-likeness (QED) is 0.518. The fourth-order valence-electron chi connectivity index (χ4n) is 0.769. The van der Waals surface area contributed by atoms with Crippen LogP contribution in [0.1, 0.15) is 5.56 Å². The van der Waals surface area contributed by atoms with Gasteiger partial charge in [0.2, 0.25) is 0 Å². The van der Waals surface area contributed by atoms with Crippen LogP contribution < -0.4 is 5.43 Å². The number of nitrogens with one attached hydrogen (secondary N) is 1. The second-order valence-electron chi connectivity index (χ2n) is 2.17. The molecule has 0 aromatic heterocycles. The maximum absolute atomic E-state index is 8.21. The van der Waals surface area contributed by atoms with Crippen molar-refractivity contribution in [1.82, 2.24) is 0 Å². The zero-order valence-electron chi connectivity index (χ0n) is 6.00. The van der Waals surface area contributed by atoms with Crippen LogP contribution >= 0.6 is 11.6 Å². The summed E-state index contributed by atoms with van der Waals surface area (Å²) < 4.78 is 0. The molecule has 0 saturated carbocycles. The Morgan fingerprint density at radius 1 is 1.55 bits per heavy atom. The van der Waals surface area contributed by atoms with Crippen molar-refractivity contribution in [2.75, 3.05) is 5.43 Å². The summed E-state index contributed by atoms with van der Waals surface area (Å²) in [7, 11) is 0. The van der Waals surface area contributed by atoms with Crippen molar-refractivity contribution in [1.29, 1.82) is 5.39 Å². The van der Waals surface area contributed by atoms with Gasteiger partial charge in [0.1, 0.15) is 5.69 Å². The standard InChI is InChI=1S/C7H7ClN3/c1-5-2-3-6(8)4-7(5)10-11-9/h2-4,10H,1H3/q+1. The van der Waals surface area contributed by atoms with E-state index >= 15 is 0 Å². The third-order valence-corrected chi connectivity index (χ3v) is 1.61. The molecule has 0 spiro atoms. The SMILES string of the molecule is Cc1ccc(Cl)cc1N[N+]#N. The van der Waals surface area contributed by atoms with Gasteiger partial charge in [-0.1, -0.05) is 17.7 Å². The normalized spacial score (nSPS) is 8.82. The van der Waals surface area contributed by atoms with Gasteiger partial charge >= 0.3 is 5.08 Å². The summed E-state index contributed by atoms with van der Waals surface area (Å²) in [5.41, 5.74) is 4.10. The van der Waals surface area contributed by atoms with Crippen LogP contribution in [0.2, 0.25) is 5.02 Å². The minimum atomic E-state index is 0.613. The van der Waals surface area contributed by atoms with E-state index in [0.717, 1.165) is 5.56 Å². The molecule has 0 atom stereocenters. The molecule has 0 aliphatic carbocycles. The molecule has 0 heterocycles. The molecular formula is C7H7ClN3+. The van der Waals surface area contributed by atoms with Crippen molar-refractivity contribution in [2.45, 2.75) is 6.92 Å². The Morgan fingerprint density at radius 2 is 2.27 bits per heavy atom. The van der Waals surface area contributed by atoms with E-state index in [-0.39, 0.29) is 0 Å². The second-order valence-corrected chi connectivity index (χ2v) is 2.61. The lowest BCUT2D eigenvalue weighted by molar-refractivity contribution is 1.36. The highest BCUT2D eigenvalue weighted by Crippen LogP contribution is 2.19. The van der Waals surface area contributed by atoms with Crippen LogP contribution in [0.5, 0.6) is 0 Å². The first kappa shape index (κ1) is 7.83. The van der Waals surface area contributed by atoms with Crippen molar-refractivity contribution in [3.05, 3.63) is 33.9 Å². The van der Waals surface area contributed by atoms with Crippen molar-refractivity contribution in [3.8, 4) is 0 Å². The van der Waals surface area contributed by atoms with Gasteiger partial charge in [0.25, 0.3) is 5.39 Å². The van der Waals surface area contributed by atoms with Crippen molar-refractivity contribution in [3.63, 3.8) is 0 Å². The fourth-order valence-corrected chi connectivity index (χ4v) is 0.941. The third-order valence-electron chi connectivity index (χ3n) is 1.37. The van der Waals surface area contributed by atoms with Gasteiger partial charge in [-0.15, -0.1) is 0 Å². The van der Waals surface area contributed by atoms with E-state index in [0.29, 0.717) is 10.7 Å². The highest BCUT2D eigenvalue weighted by molar-refractivity contribution is 6.30. The molecule has 0 aliphatic heterocycles. The zero-order valence-corrected chi connectivity index (χ0v) is 6.76. The van der Waals surface area contributed by atoms with Gasteiger partial charge in [0.05, 0.1) is 0 Å².